The summed E-state index contributed by atoms with van der Waals surface area (Å²) in [6.45, 7) is 0. The van der Waals surface area contributed by atoms with E-state index in [-0.39, 0.29) is 6.10 Å². The molecule has 1 unspecified atom stereocenters. The average molecular weight is 228 g/mol. The van der Waals surface area contributed by atoms with Crippen molar-refractivity contribution < 1.29 is 9.53 Å². The molecule has 1 aromatic rings. The maximum absolute atomic E-state index is 11.7. The van der Waals surface area contributed by atoms with E-state index in [0.29, 0.717) is 12.2 Å². The predicted molar refractivity (Wildman–Crippen MR) is 65.4 cm³/mol. The first-order chi connectivity index (χ1) is 8.34. The minimum Gasteiger partial charge on any atom is -0.490 e. The van der Waals surface area contributed by atoms with E-state index in [2.05, 4.69) is 12.1 Å². The molecule has 0 aromatic heterocycles. The van der Waals surface area contributed by atoms with E-state index < -0.39 is 0 Å². The second-order valence-corrected chi connectivity index (χ2v) is 4.73. The molecule has 1 aliphatic carbocycles. The minimum absolute atomic E-state index is 0.140. The summed E-state index contributed by atoms with van der Waals surface area (Å²) in [6.07, 6.45) is 4.53. The lowest BCUT2D eigenvalue weighted by Gasteiger charge is -2.30. The molecule has 88 valence electrons. The number of benzene rings is 1. The van der Waals surface area contributed by atoms with Crippen LogP contribution in [0.5, 0.6) is 0 Å². The van der Waals surface area contributed by atoms with Crippen molar-refractivity contribution in [1.82, 2.24) is 0 Å². The van der Waals surface area contributed by atoms with Gasteiger partial charge in [-0.15, -0.1) is 0 Å². The van der Waals surface area contributed by atoms with E-state index in [1.807, 2.05) is 18.2 Å². The maximum atomic E-state index is 11.7. The van der Waals surface area contributed by atoms with Crippen LogP contribution in [-0.4, -0.2) is 5.78 Å². The van der Waals surface area contributed by atoms with E-state index in [0.717, 1.165) is 37.0 Å². The standard InChI is InChI=1S/C15H16O2/c16-13-7-4-8-15-12(13)9-10-14(17-15)11-5-2-1-3-6-11/h1-3,5-6,14H,4,7-10H2. The molecule has 0 saturated carbocycles. The fourth-order valence-electron chi connectivity index (χ4n) is 2.68. The molecule has 2 aliphatic rings. The first-order valence-electron chi connectivity index (χ1n) is 6.31. The van der Waals surface area contributed by atoms with Gasteiger partial charge in [0.2, 0.25) is 0 Å². The van der Waals surface area contributed by atoms with Gasteiger partial charge in [-0.3, -0.25) is 4.79 Å². The molecule has 1 atom stereocenters. The third kappa shape index (κ3) is 1.99. The Labute approximate surface area is 101 Å². The van der Waals surface area contributed by atoms with Gasteiger partial charge < -0.3 is 4.74 Å². The summed E-state index contributed by atoms with van der Waals surface area (Å²) in [4.78, 5) is 11.7. The van der Waals surface area contributed by atoms with Crippen molar-refractivity contribution in [2.45, 2.75) is 38.2 Å². The number of Topliss-reactive ketones (excluding diaryl/α,β-unsaturated/α-hetero) is 1. The fourth-order valence-corrected chi connectivity index (χ4v) is 2.68. The van der Waals surface area contributed by atoms with E-state index >= 15 is 0 Å². The molecule has 0 N–H and O–H groups in total. The van der Waals surface area contributed by atoms with Crippen LogP contribution in [0.4, 0.5) is 0 Å². The smallest absolute Gasteiger partial charge is 0.162 e. The minimum atomic E-state index is 0.140. The summed E-state index contributed by atoms with van der Waals surface area (Å²) in [7, 11) is 0. The molecule has 17 heavy (non-hydrogen) atoms. The van der Waals surface area contributed by atoms with Crippen molar-refractivity contribution in [2.75, 3.05) is 0 Å². The summed E-state index contributed by atoms with van der Waals surface area (Å²) in [5, 5.41) is 0. The molecule has 0 saturated heterocycles. The zero-order valence-corrected chi connectivity index (χ0v) is 9.82. The third-order valence-corrected chi connectivity index (χ3v) is 3.59. The summed E-state index contributed by atoms with van der Waals surface area (Å²) in [6, 6.07) is 10.3. The van der Waals surface area contributed by atoms with Crippen molar-refractivity contribution >= 4 is 5.78 Å². The normalized spacial score (nSPS) is 24.2. The predicted octanol–water partition coefficient (Wildman–Crippen LogP) is 3.55. The number of hydrogen-bond donors (Lipinski definition) is 0. The van der Waals surface area contributed by atoms with Crippen molar-refractivity contribution in [3.63, 3.8) is 0 Å². The zero-order valence-electron chi connectivity index (χ0n) is 9.82. The first-order valence-corrected chi connectivity index (χ1v) is 6.31. The molecule has 1 heterocycles. The van der Waals surface area contributed by atoms with Crippen molar-refractivity contribution in [3.8, 4) is 0 Å². The van der Waals surface area contributed by atoms with Crippen molar-refractivity contribution in [3.05, 3.63) is 47.2 Å². The van der Waals surface area contributed by atoms with E-state index in [1.54, 1.807) is 0 Å². The van der Waals surface area contributed by atoms with E-state index in [1.165, 1.54) is 5.56 Å². The maximum Gasteiger partial charge on any atom is 0.162 e. The quantitative estimate of drug-likeness (QED) is 0.734. The van der Waals surface area contributed by atoms with Crippen LogP contribution in [0.25, 0.3) is 0 Å². The highest BCUT2D eigenvalue weighted by atomic mass is 16.5. The van der Waals surface area contributed by atoms with Gasteiger partial charge in [-0.25, -0.2) is 0 Å². The van der Waals surface area contributed by atoms with Crippen LogP contribution in [-0.2, 0) is 9.53 Å². The zero-order chi connectivity index (χ0) is 11.7. The highest BCUT2D eigenvalue weighted by Gasteiger charge is 2.29. The van der Waals surface area contributed by atoms with E-state index in [4.69, 9.17) is 4.74 Å². The number of ketones is 1. The van der Waals surface area contributed by atoms with Crippen LogP contribution in [0, 0.1) is 0 Å². The fraction of sp³-hybridized carbons (Fsp3) is 0.400. The van der Waals surface area contributed by atoms with Gasteiger partial charge >= 0.3 is 0 Å². The Bertz CT molecular complexity index is 459. The third-order valence-electron chi connectivity index (χ3n) is 3.59. The number of carbonyl (C=O) groups excluding carboxylic acids is 1. The number of hydrogen-bond acceptors (Lipinski definition) is 2. The Morgan fingerprint density at radius 1 is 1.06 bits per heavy atom. The Morgan fingerprint density at radius 2 is 1.88 bits per heavy atom. The van der Waals surface area contributed by atoms with Crippen LogP contribution in [0.3, 0.4) is 0 Å². The van der Waals surface area contributed by atoms with Crippen LogP contribution in [0.2, 0.25) is 0 Å². The molecule has 2 heteroatoms. The molecule has 0 fully saturated rings. The van der Waals surface area contributed by atoms with Crippen LogP contribution in [0.15, 0.2) is 41.7 Å². The van der Waals surface area contributed by atoms with Gasteiger partial charge in [0.1, 0.15) is 11.9 Å². The van der Waals surface area contributed by atoms with Crippen LogP contribution in [0.1, 0.15) is 43.8 Å². The monoisotopic (exact) mass is 228 g/mol. The molecular formula is C15H16O2. The molecule has 0 amide bonds. The van der Waals surface area contributed by atoms with Gasteiger partial charge in [0.25, 0.3) is 0 Å². The van der Waals surface area contributed by atoms with Gasteiger partial charge in [-0.1, -0.05) is 30.3 Å². The summed E-state index contributed by atoms with van der Waals surface area (Å²) >= 11 is 0. The van der Waals surface area contributed by atoms with E-state index in [9.17, 15) is 4.79 Å². The molecule has 1 aliphatic heterocycles. The molecule has 2 nitrogen and oxygen atoms in total. The van der Waals surface area contributed by atoms with Gasteiger partial charge in [-0.2, -0.15) is 0 Å². The van der Waals surface area contributed by atoms with Crippen LogP contribution < -0.4 is 0 Å². The number of rotatable bonds is 1. The Kier molecular flexibility index (Phi) is 2.71. The molecule has 1 aromatic carbocycles. The lowest BCUT2D eigenvalue weighted by molar-refractivity contribution is -0.117. The topological polar surface area (TPSA) is 26.3 Å². The SMILES string of the molecule is O=C1CCCC2=C1CCC(c1ccccc1)O2. The highest BCUT2D eigenvalue weighted by Crippen LogP contribution is 2.38. The largest absolute Gasteiger partial charge is 0.490 e. The van der Waals surface area contributed by atoms with Gasteiger partial charge in [0.15, 0.2) is 5.78 Å². The molecule has 0 radical (unpaired) electrons. The van der Waals surface area contributed by atoms with Gasteiger partial charge in [0, 0.05) is 18.4 Å². The van der Waals surface area contributed by atoms with Gasteiger partial charge in [-0.05, 0) is 24.8 Å². The number of allylic oxidation sites excluding steroid dienone is 2. The highest BCUT2D eigenvalue weighted by molar-refractivity contribution is 5.96. The Hall–Kier alpha value is -1.57. The molecular weight excluding hydrogens is 212 g/mol. The van der Waals surface area contributed by atoms with Gasteiger partial charge in [0.05, 0.1) is 0 Å². The molecule has 0 spiro atoms. The lowest BCUT2D eigenvalue weighted by atomic mass is 9.88. The number of carbonyl (C=O) groups is 1. The molecule has 0 bridgehead atoms. The Balaban J connectivity index is 1.84. The van der Waals surface area contributed by atoms with Crippen molar-refractivity contribution in [2.24, 2.45) is 0 Å². The van der Waals surface area contributed by atoms with Crippen LogP contribution >= 0.6 is 0 Å². The molecule has 3 rings (SSSR count). The summed E-state index contributed by atoms with van der Waals surface area (Å²) in [5.41, 5.74) is 2.18. The summed E-state index contributed by atoms with van der Waals surface area (Å²) < 4.78 is 6.01. The van der Waals surface area contributed by atoms with Crippen molar-refractivity contribution in [1.29, 1.82) is 0 Å². The second kappa shape index (κ2) is 4.36. The average Bonchev–Trinajstić information content (AvgIpc) is 2.40. The first kappa shape index (κ1) is 10.6. The lowest BCUT2D eigenvalue weighted by Crippen LogP contribution is -2.20. The number of ether oxygens (including phenoxy) is 1. The summed E-state index contributed by atoms with van der Waals surface area (Å²) in [5.74, 6) is 1.26. The second-order valence-electron chi connectivity index (χ2n) is 4.73. The Morgan fingerprint density at radius 3 is 2.71 bits per heavy atom.